The van der Waals surface area contributed by atoms with Gasteiger partial charge in [-0.15, -0.1) is 0 Å². The number of hydrogen-bond acceptors (Lipinski definition) is 5. The molecule has 0 aromatic carbocycles. The summed E-state index contributed by atoms with van der Waals surface area (Å²) < 4.78 is 27.4. The van der Waals surface area contributed by atoms with Crippen LogP contribution in [-0.4, -0.2) is 69.5 Å². The molecule has 1 unspecified atom stereocenters. The first-order chi connectivity index (χ1) is 8.84. The molecular weight excluding hydrogens is 272 g/mol. The Bertz CT molecular complexity index is 434. The zero-order valence-corrected chi connectivity index (χ0v) is 12.0. The Balaban J connectivity index is 2.42. The third-order valence-electron chi connectivity index (χ3n) is 2.94. The summed E-state index contributed by atoms with van der Waals surface area (Å²) in [6, 6.07) is -0.339. The molecule has 1 rings (SSSR count). The molecule has 1 fully saturated rings. The van der Waals surface area contributed by atoms with Crippen LogP contribution in [0, 0.1) is 0 Å². The van der Waals surface area contributed by atoms with E-state index in [1.165, 1.54) is 18.9 Å². The number of rotatable bonds is 6. The minimum absolute atomic E-state index is 0.0170. The molecule has 0 saturated carbocycles. The largest absolute Gasteiger partial charge is 0.383 e. The van der Waals surface area contributed by atoms with Crippen LogP contribution in [0.1, 0.15) is 13.3 Å². The van der Waals surface area contributed by atoms with E-state index in [-0.39, 0.29) is 35.9 Å². The summed E-state index contributed by atoms with van der Waals surface area (Å²) in [4.78, 5) is 24.4. The van der Waals surface area contributed by atoms with Crippen LogP contribution in [0.5, 0.6) is 0 Å². The summed E-state index contributed by atoms with van der Waals surface area (Å²) in [5.74, 6) is -0.464. The minimum atomic E-state index is -3.02. The van der Waals surface area contributed by atoms with Crippen molar-refractivity contribution < 1.29 is 22.7 Å². The Hall–Kier alpha value is -1.15. The summed E-state index contributed by atoms with van der Waals surface area (Å²) in [6.07, 6.45) is 0.437. The summed E-state index contributed by atoms with van der Waals surface area (Å²) in [5.41, 5.74) is 0. The molecule has 1 aliphatic rings. The Morgan fingerprint density at radius 1 is 1.42 bits per heavy atom. The fraction of sp³-hybridized carbons (Fsp3) is 0.818. The van der Waals surface area contributed by atoms with Crippen LogP contribution in [0.25, 0.3) is 0 Å². The first-order valence-corrected chi connectivity index (χ1v) is 7.90. The molecule has 0 bridgehead atoms. The van der Waals surface area contributed by atoms with E-state index in [1.54, 1.807) is 0 Å². The number of nitrogens with one attached hydrogen (secondary N) is 1. The lowest BCUT2D eigenvalue weighted by molar-refractivity contribution is -0.135. The van der Waals surface area contributed by atoms with Crippen molar-refractivity contribution in [2.24, 2.45) is 0 Å². The van der Waals surface area contributed by atoms with Crippen molar-refractivity contribution in [2.45, 2.75) is 19.4 Å². The van der Waals surface area contributed by atoms with Gasteiger partial charge in [-0.1, -0.05) is 0 Å². The van der Waals surface area contributed by atoms with Crippen LogP contribution >= 0.6 is 0 Å². The summed E-state index contributed by atoms with van der Waals surface area (Å²) in [6.45, 7) is 1.99. The number of amides is 2. The second-order valence-corrected chi connectivity index (χ2v) is 6.83. The zero-order valence-electron chi connectivity index (χ0n) is 11.2. The van der Waals surface area contributed by atoms with Gasteiger partial charge in [-0.3, -0.25) is 9.59 Å². The Kier molecular flexibility index (Phi) is 5.74. The number of carbonyl (C=O) groups is 2. The zero-order chi connectivity index (χ0) is 14.5. The average Bonchev–Trinajstić information content (AvgIpc) is 2.63. The molecule has 7 nitrogen and oxygen atoms in total. The van der Waals surface area contributed by atoms with Gasteiger partial charge in [0, 0.05) is 26.6 Å². The lowest BCUT2D eigenvalue weighted by Crippen LogP contribution is -2.44. The number of sulfone groups is 1. The number of hydrogen-bond donors (Lipinski definition) is 1. The van der Waals surface area contributed by atoms with Crippen molar-refractivity contribution in [1.29, 1.82) is 0 Å². The van der Waals surface area contributed by atoms with Crippen molar-refractivity contribution in [2.75, 3.05) is 38.3 Å². The maximum atomic E-state index is 11.7. The van der Waals surface area contributed by atoms with Gasteiger partial charge < -0.3 is 15.0 Å². The second-order valence-electron chi connectivity index (χ2n) is 4.60. The first-order valence-electron chi connectivity index (χ1n) is 6.08. The highest BCUT2D eigenvalue weighted by Gasteiger charge is 2.29. The quantitative estimate of drug-likeness (QED) is 0.663. The van der Waals surface area contributed by atoms with Gasteiger partial charge in [0.05, 0.1) is 24.7 Å². The average molecular weight is 292 g/mol. The van der Waals surface area contributed by atoms with Gasteiger partial charge in [0.1, 0.15) is 0 Å². The molecule has 1 saturated heterocycles. The molecule has 0 spiro atoms. The van der Waals surface area contributed by atoms with E-state index >= 15 is 0 Å². The fourth-order valence-corrected chi connectivity index (χ4v) is 3.58. The molecule has 110 valence electrons. The van der Waals surface area contributed by atoms with Gasteiger partial charge in [0.25, 0.3) is 0 Å². The van der Waals surface area contributed by atoms with E-state index in [0.29, 0.717) is 19.6 Å². The van der Waals surface area contributed by atoms with Crippen LogP contribution in [0.3, 0.4) is 0 Å². The lowest BCUT2D eigenvalue weighted by Gasteiger charge is -2.21. The molecule has 8 heteroatoms. The van der Waals surface area contributed by atoms with E-state index in [0.717, 1.165) is 0 Å². The fourth-order valence-electron chi connectivity index (χ4n) is 1.90. The third kappa shape index (κ3) is 5.56. The highest BCUT2D eigenvalue weighted by molar-refractivity contribution is 7.91. The predicted molar refractivity (Wildman–Crippen MR) is 69.3 cm³/mol. The first kappa shape index (κ1) is 15.9. The van der Waals surface area contributed by atoms with E-state index in [9.17, 15) is 18.0 Å². The van der Waals surface area contributed by atoms with E-state index < -0.39 is 9.84 Å². The van der Waals surface area contributed by atoms with Gasteiger partial charge in [0.2, 0.25) is 11.8 Å². The van der Waals surface area contributed by atoms with Gasteiger partial charge in [0.15, 0.2) is 9.84 Å². The SMILES string of the molecule is COCCN(CC(=O)NC1CCS(=O)(=O)C1)C(C)=O. The van der Waals surface area contributed by atoms with Crippen molar-refractivity contribution >= 4 is 21.7 Å². The second kappa shape index (κ2) is 6.85. The highest BCUT2D eigenvalue weighted by Crippen LogP contribution is 2.11. The van der Waals surface area contributed by atoms with Crippen LogP contribution in [-0.2, 0) is 24.2 Å². The molecule has 1 N–H and O–H groups in total. The molecule has 1 heterocycles. The maximum Gasteiger partial charge on any atom is 0.239 e. The van der Waals surface area contributed by atoms with Crippen molar-refractivity contribution in [3.05, 3.63) is 0 Å². The number of carbonyl (C=O) groups excluding carboxylic acids is 2. The topological polar surface area (TPSA) is 92.8 Å². The number of nitrogens with zero attached hydrogens (tertiary/aromatic N) is 1. The molecule has 1 atom stereocenters. The molecular formula is C11H20N2O5S. The third-order valence-corrected chi connectivity index (χ3v) is 4.71. The Morgan fingerprint density at radius 2 is 2.11 bits per heavy atom. The van der Waals surface area contributed by atoms with Crippen molar-refractivity contribution in [1.82, 2.24) is 10.2 Å². The van der Waals surface area contributed by atoms with Crippen molar-refractivity contribution in [3.8, 4) is 0 Å². The normalized spacial score (nSPS) is 21.1. The van der Waals surface area contributed by atoms with Gasteiger partial charge in [-0.05, 0) is 6.42 Å². The smallest absolute Gasteiger partial charge is 0.239 e. The van der Waals surface area contributed by atoms with Crippen LogP contribution < -0.4 is 5.32 Å². The van der Waals surface area contributed by atoms with Gasteiger partial charge in [-0.25, -0.2) is 8.42 Å². The standard InChI is InChI=1S/C11H20N2O5S/c1-9(14)13(4-5-18-2)7-11(15)12-10-3-6-19(16,17)8-10/h10H,3-8H2,1-2H3,(H,12,15). The van der Waals surface area contributed by atoms with E-state index in [4.69, 9.17) is 4.74 Å². The van der Waals surface area contributed by atoms with Gasteiger partial charge >= 0.3 is 0 Å². The molecule has 0 aromatic heterocycles. The van der Waals surface area contributed by atoms with Crippen LogP contribution in [0.4, 0.5) is 0 Å². The number of ether oxygens (including phenoxy) is 1. The summed E-state index contributed by atoms with van der Waals surface area (Å²) in [5, 5.41) is 2.64. The Morgan fingerprint density at radius 3 is 2.58 bits per heavy atom. The maximum absolute atomic E-state index is 11.7. The molecule has 1 aliphatic heterocycles. The van der Waals surface area contributed by atoms with Crippen molar-refractivity contribution in [3.63, 3.8) is 0 Å². The number of methoxy groups -OCH3 is 1. The predicted octanol–water partition coefficient (Wildman–Crippen LogP) is -1.22. The summed E-state index contributed by atoms with van der Waals surface area (Å²) in [7, 11) is -1.50. The van der Waals surface area contributed by atoms with E-state index in [1.807, 2.05) is 0 Å². The minimum Gasteiger partial charge on any atom is -0.383 e. The molecule has 0 aromatic rings. The van der Waals surface area contributed by atoms with E-state index in [2.05, 4.69) is 5.32 Å². The summed E-state index contributed by atoms with van der Waals surface area (Å²) >= 11 is 0. The Labute approximate surface area is 113 Å². The van der Waals surface area contributed by atoms with Crippen LogP contribution in [0.2, 0.25) is 0 Å². The van der Waals surface area contributed by atoms with Crippen LogP contribution in [0.15, 0.2) is 0 Å². The molecule has 19 heavy (non-hydrogen) atoms. The molecule has 0 radical (unpaired) electrons. The monoisotopic (exact) mass is 292 g/mol. The highest BCUT2D eigenvalue weighted by atomic mass is 32.2. The molecule has 2 amide bonds. The van der Waals surface area contributed by atoms with Gasteiger partial charge in [-0.2, -0.15) is 0 Å². The lowest BCUT2D eigenvalue weighted by atomic mass is 10.2. The molecule has 0 aliphatic carbocycles.